The van der Waals surface area contributed by atoms with Crippen LogP contribution in [-0.4, -0.2) is 0 Å². The molecule has 0 aliphatic rings. The fraction of sp³-hybridized carbons (Fsp3) is 0. The minimum atomic E-state index is -0.254. The summed E-state index contributed by atoms with van der Waals surface area (Å²) in [5.74, 6) is -0.509. The average molecular weight is 905 g/mol. The van der Waals surface area contributed by atoms with E-state index in [9.17, 15) is 8.78 Å². The molecule has 0 heterocycles. The zero-order valence-electron chi connectivity index (χ0n) is 38.2. The van der Waals surface area contributed by atoms with Crippen LogP contribution in [0.25, 0.3) is 66.8 Å². The van der Waals surface area contributed by atoms with Gasteiger partial charge in [0.05, 0.1) is 0 Å². The van der Waals surface area contributed by atoms with E-state index in [-0.39, 0.29) is 11.6 Å². The lowest BCUT2D eigenvalue weighted by Crippen LogP contribution is -2.10. The van der Waals surface area contributed by atoms with E-state index in [0.29, 0.717) is 0 Å². The van der Waals surface area contributed by atoms with Crippen molar-refractivity contribution in [1.82, 2.24) is 0 Å². The van der Waals surface area contributed by atoms with Gasteiger partial charge in [0.25, 0.3) is 0 Å². The van der Waals surface area contributed by atoms with E-state index in [1.165, 1.54) is 12.1 Å². The standard InChI is InChI=1S/C66H46F2N2/c67-57-17-9-15-55(45-57)51-25-37-61(38-26-51)69(59-33-21-49(22-34-59)47-11-3-1-4-12-47)63-41-29-53(30-42-63)65-19-7-8-20-66(65)54-31-43-64(44-32-54)70(60-35-23-50(24-36-60)48-13-5-2-6-14-48)62-39-27-52(28-40-62)56-16-10-18-58(68)46-56/h1-46H. The Hall–Kier alpha value is -9.12. The van der Waals surface area contributed by atoms with E-state index in [0.717, 1.165) is 101 Å². The molecule has 0 aromatic heterocycles. The van der Waals surface area contributed by atoms with Gasteiger partial charge in [-0.05, 0) is 164 Å². The highest BCUT2D eigenvalue weighted by Gasteiger charge is 2.17. The smallest absolute Gasteiger partial charge is 0.123 e. The van der Waals surface area contributed by atoms with Crippen LogP contribution in [0.2, 0.25) is 0 Å². The molecule has 2 nitrogen and oxygen atoms in total. The Bertz CT molecular complexity index is 3260. The largest absolute Gasteiger partial charge is 0.311 e. The number of halogens is 2. The zero-order valence-corrected chi connectivity index (χ0v) is 38.2. The van der Waals surface area contributed by atoms with Crippen molar-refractivity contribution < 1.29 is 8.78 Å². The lowest BCUT2D eigenvalue weighted by molar-refractivity contribution is 0.628. The van der Waals surface area contributed by atoms with Gasteiger partial charge < -0.3 is 9.80 Å². The molecular weight excluding hydrogens is 859 g/mol. The molecule has 4 heteroatoms. The summed E-state index contributed by atoms with van der Waals surface area (Å²) in [4.78, 5) is 4.52. The summed E-state index contributed by atoms with van der Waals surface area (Å²) in [6.45, 7) is 0. The van der Waals surface area contributed by atoms with Crippen molar-refractivity contribution >= 4 is 34.1 Å². The average Bonchev–Trinajstić information content (AvgIpc) is 3.43. The number of rotatable bonds is 12. The van der Waals surface area contributed by atoms with Crippen LogP contribution in [0, 0.1) is 11.6 Å². The van der Waals surface area contributed by atoms with Crippen molar-refractivity contribution in [2.75, 3.05) is 9.80 Å². The Kier molecular flexibility index (Phi) is 12.2. The van der Waals surface area contributed by atoms with E-state index >= 15 is 0 Å². The second-order valence-corrected chi connectivity index (χ2v) is 17.3. The van der Waals surface area contributed by atoms with E-state index < -0.39 is 0 Å². The summed E-state index contributed by atoms with van der Waals surface area (Å²) in [6, 6.07) is 94.2. The zero-order chi connectivity index (χ0) is 47.2. The van der Waals surface area contributed by atoms with Gasteiger partial charge in [0.1, 0.15) is 11.6 Å². The number of hydrogen-bond donors (Lipinski definition) is 0. The molecule has 70 heavy (non-hydrogen) atoms. The molecule has 11 aromatic carbocycles. The van der Waals surface area contributed by atoms with Crippen LogP contribution in [0.3, 0.4) is 0 Å². The molecule has 0 saturated heterocycles. The molecule has 0 saturated carbocycles. The van der Waals surface area contributed by atoms with Gasteiger partial charge in [0.15, 0.2) is 0 Å². The normalized spacial score (nSPS) is 11.0. The highest BCUT2D eigenvalue weighted by Crippen LogP contribution is 2.41. The maximum Gasteiger partial charge on any atom is 0.123 e. The molecule has 0 aliphatic carbocycles. The first-order valence-electron chi connectivity index (χ1n) is 23.4. The number of anilines is 6. The van der Waals surface area contributed by atoms with Gasteiger partial charge in [-0.1, -0.05) is 182 Å². The molecule has 0 unspecified atom stereocenters. The summed E-state index contributed by atoms with van der Waals surface area (Å²) >= 11 is 0. The van der Waals surface area contributed by atoms with Gasteiger partial charge in [-0.15, -0.1) is 0 Å². The van der Waals surface area contributed by atoms with Gasteiger partial charge in [-0.2, -0.15) is 0 Å². The number of nitrogens with zero attached hydrogens (tertiary/aromatic N) is 2. The van der Waals surface area contributed by atoms with E-state index in [1.807, 2.05) is 24.3 Å². The van der Waals surface area contributed by atoms with Crippen LogP contribution in [-0.2, 0) is 0 Å². The summed E-state index contributed by atoms with van der Waals surface area (Å²) in [7, 11) is 0. The predicted octanol–water partition coefficient (Wildman–Crippen LogP) is 18.9. The Balaban J connectivity index is 0.912. The van der Waals surface area contributed by atoms with Gasteiger partial charge in [0, 0.05) is 34.1 Å². The first kappa shape index (κ1) is 43.5. The van der Waals surface area contributed by atoms with E-state index in [1.54, 1.807) is 24.3 Å². The Morgan fingerprint density at radius 1 is 0.186 bits per heavy atom. The van der Waals surface area contributed by atoms with Crippen molar-refractivity contribution in [3.8, 4) is 66.8 Å². The van der Waals surface area contributed by atoms with Gasteiger partial charge in [0.2, 0.25) is 0 Å². The molecule has 0 bridgehead atoms. The molecule has 0 fully saturated rings. The maximum absolute atomic E-state index is 14.2. The van der Waals surface area contributed by atoms with Crippen LogP contribution in [0.15, 0.2) is 279 Å². The van der Waals surface area contributed by atoms with Crippen LogP contribution >= 0.6 is 0 Å². The highest BCUT2D eigenvalue weighted by atomic mass is 19.1. The Labute approximate surface area is 408 Å². The third-order valence-corrected chi connectivity index (χ3v) is 12.8. The molecule has 0 N–H and O–H groups in total. The third kappa shape index (κ3) is 9.27. The molecule has 334 valence electrons. The Morgan fingerprint density at radius 3 is 0.700 bits per heavy atom. The molecule has 11 rings (SSSR count). The first-order valence-corrected chi connectivity index (χ1v) is 23.4. The highest BCUT2D eigenvalue weighted by molar-refractivity contribution is 5.88. The predicted molar refractivity (Wildman–Crippen MR) is 288 cm³/mol. The van der Waals surface area contributed by atoms with Crippen molar-refractivity contribution in [1.29, 1.82) is 0 Å². The summed E-state index contributed by atoms with van der Waals surface area (Å²) in [6.07, 6.45) is 0. The molecule has 0 spiro atoms. The lowest BCUT2D eigenvalue weighted by atomic mass is 9.94. The van der Waals surface area contributed by atoms with Crippen LogP contribution in [0.5, 0.6) is 0 Å². The first-order chi connectivity index (χ1) is 34.5. The van der Waals surface area contributed by atoms with Crippen molar-refractivity contribution in [2.45, 2.75) is 0 Å². The fourth-order valence-electron chi connectivity index (χ4n) is 9.27. The molecule has 0 radical (unpaired) electrons. The second kappa shape index (κ2) is 19.6. The SMILES string of the molecule is Fc1cccc(-c2ccc(N(c3ccc(-c4ccccc4)cc3)c3ccc(-c4ccccc4-c4ccc(N(c5ccc(-c6ccccc6)cc5)c5ccc(-c6cccc(F)c6)cc5)cc4)cc3)cc2)c1. The lowest BCUT2D eigenvalue weighted by Gasteiger charge is -2.26. The molecular formula is C66H46F2N2. The van der Waals surface area contributed by atoms with Crippen LogP contribution in [0.1, 0.15) is 0 Å². The van der Waals surface area contributed by atoms with E-state index in [4.69, 9.17) is 0 Å². The molecule has 11 aromatic rings. The maximum atomic E-state index is 14.2. The Morgan fingerprint density at radius 2 is 0.414 bits per heavy atom. The molecule has 0 aliphatic heterocycles. The topological polar surface area (TPSA) is 6.48 Å². The summed E-state index contributed by atoms with van der Waals surface area (Å²) in [5, 5.41) is 0. The van der Waals surface area contributed by atoms with Gasteiger partial charge in [-0.3, -0.25) is 0 Å². The van der Waals surface area contributed by atoms with Crippen molar-refractivity contribution in [3.05, 3.63) is 291 Å². The van der Waals surface area contributed by atoms with Crippen LogP contribution in [0.4, 0.5) is 42.9 Å². The molecule has 0 atom stereocenters. The fourth-order valence-corrected chi connectivity index (χ4v) is 9.27. The van der Waals surface area contributed by atoms with Crippen LogP contribution < -0.4 is 9.80 Å². The molecule has 0 amide bonds. The second-order valence-electron chi connectivity index (χ2n) is 17.3. The summed E-state index contributed by atoms with van der Waals surface area (Å²) in [5.41, 5.74) is 18.7. The monoisotopic (exact) mass is 904 g/mol. The summed E-state index contributed by atoms with van der Waals surface area (Å²) < 4.78 is 28.4. The minimum Gasteiger partial charge on any atom is -0.311 e. The van der Waals surface area contributed by atoms with Gasteiger partial charge in [-0.25, -0.2) is 8.78 Å². The van der Waals surface area contributed by atoms with Crippen molar-refractivity contribution in [2.24, 2.45) is 0 Å². The number of benzene rings is 11. The van der Waals surface area contributed by atoms with E-state index in [2.05, 4.69) is 228 Å². The quantitative estimate of drug-likeness (QED) is 0.121. The minimum absolute atomic E-state index is 0.254. The third-order valence-electron chi connectivity index (χ3n) is 12.8. The number of hydrogen-bond acceptors (Lipinski definition) is 2. The van der Waals surface area contributed by atoms with Crippen molar-refractivity contribution in [3.63, 3.8) is 0 Å². The van der Waals surface area contributed by atoms with Gasteiger partial charge >= 0.3 is 0 Å².